The first kappa shape index (κ1) is 16.3. The van der Waals surface area contributed by atoms with Crippen LogP contribution in [0.5, 0.6) is 5.75 Å². The highest BCUT2D eigenvalue weighted by molar-refractivity contribution is 6.05. The molecule has 0 saturated heterocycles. The van der Waals surface area contributed by atoms with E-state index in [9.17, 15) is 14.0 Å². The smallest absolute Gasteiger partial charge is 0.316 e. The largest absolute Gasteiger partial charge is 0.489 e. The number of primary amides is 1. The first-order valence-corrected chi connectivity index (χ1v) is 6.94. The number of rotatable bonds is 7. The minimum absolute atomic E-state index is 0.0982. The van der Waals surface area contributed by atoms with Crippen LogP contribution in [0.1, 0.15) is 16.8 Å². The Balaban J connectivity index is 2.25. The van der Waals surface area contributed by atoms with E-state index in [0.29, 0.717) is 16.9 Å². The molecule has 122 valence electrons. The number of aromatic amines is 1. The van der Waals surface area contributed by atoms with E-state index in [4.69, 9.17) is 10.5 Å². The molecule has 23 heavy (non-hydrogen) atoms. The van der Waals surface area contributed by atoms with Crippen LogP contribution >= 0.6 is 0 Å². The van der Waals surface area contributed by atoms with Crippen molar-refractivity contribution in [1.29, 1.82) is 0 Å². The third-order valence-corrected chi connectivity index (χ3v) is 2.91. The van der Waals surface area contributed by atoms with E-state index >= 15 is 0 Å². The molecule has 0 bridgehead atoms. The zero-order valence-corrected chi connectivity index (χ0v) is 12.3. The summed E-state index contributed by atoms with van der Waals surface area (Å²) in [6.07, 6.45) is 3.36. The monoisotopic (exact) mass is 320 g/mol. The molecule has 2 aromatic rings. The van der Waals surface area contributed by atoms with Crippen molar-refractivity contribution in [3.8, 4) is 5.75 Å². The van der Waals surface area contributed by atoms with Crippen LogP contribution in [0.15, 0.2) is 36.7 Å². The molecule has 1 heterocycles. The Hall–Kier alpha value is -3.03. The number of hydrogen-bond donors (Lipinski definition) is 4. The molecular formula is C15H17FN4O3. The van der Waals surface area contributed by atoms with Gasteiger partial charge in [-0.2, -0.15) is 0 Å². The van der Waals surface area contributed by atoms with Crippen molar-refractivity contribution in [3.63, 3.8) is 0 Å². The van der Waals surface area contributed by atoms with Crippen molar-refractivity contribution in [2.24, 2.45) is 5.73 Å². The fourth-order valence-corrected chi connectivity index (χ4v) is 1.91. The van der Waals surface area contributed by atoms with Crippen LogP contribution in [0.2, 0.25) is 0 Å². The first-order chi connectivity index (χ1) is 11.1. The van der Waals surface area contributed by atoms with E-state index in [1.165, 1.54) is 0 Å². The SMILES string of the molecule is NC(=O)Nc1cccc(NC(=O)c2cc[nH]c2)c1OCCCF. The fourth-order valence-electron chi connectivity index (χ4n) is 1.91. The van der Waals surface area contributed by atoms with Gasteiger partial charge < -0.3 is 26.1 Å². The number of urea groups is 1. The number of carbonyl (C=O) groups excluding carboxylic acids is 2. The van der Waals surface area contributed by atoms with Gasteiger partial charge in [-0.05, 0) is 18.2 Å². The lowest BCUT2D eigenvalue weighted by molar-refractivity contribution is 0.102. The summed E-state index contributed by atoms with van der Waals surface area (Å²) in [7, 11) is 0. The summed E-state index contributed by atoms with van der Waals surface area (Å²) < 4.78 is 17.8. The second-order valence-electron chi connectivity index (χ2n) is 4.62. The number of anilines is 2. The Morgan fingerprint density at radius 1 is 1.22 bits per heavy atom. The lowest BCUT2D eigenvalue weighted by atomic mass is 10.2. The third-order valence-electron chi connectivity index (χ3n) is 2.91. The molecule has 0 aliphatic carbocycles. The predicted molar refractivity (Wildman–Crippen MR) is 84.5 cm³/mol. The number of benzene rings is 1. The van der Waals surface area contributed by atoms with E-state index < -0.39 is 12.7 Å². The van der Waals surface area contributed by atoms with Gasteiger partial charge in [0.2, 0.25) is 0 Å². The van der Waals surface area contributed by atoms with Gasteiger partial charge in [-0.1, -0.05) is 6.07 Å². The molecule has 0 fully saturated rings. The molecule has 5 N–H and O–H groups in total. The molecule has 3 amide bonds. The number of nitrogens with one attached hydrogen (secondary N) is 3. The molecule has 0 radical (unpaired) electrons. The van der Waals surface area contributed by atoms with Crippen molar-refractivity contribution in [2.45, 2.75) is 6.42 Å². The lowest BCUT2D eigenvalue weighted by Gasteiger charge is -2.16. The Morgan fingerprint density at radius 3 is 2.57 bits per heavy atom. The van der Waals surface area contributed by atoms with Crippen LogP contribution in [-0.4, -0.2) is 30.2 Å². The molecule has 0 spiro atoms. The summed E-state index contributed by atoms with van der Waals surface area (Å²) >= 11 is 0. The molecule has 0 unspecified atom stereocenters. The zero-order chi connectivity index (χ0) is 16.7. The average molecular weight is 320 g/mol. The first-order valence-electron chi connectivity index (χ1n) is 6.94. The number of alkyl halides is 1. The number of halogens is 1. The van der Waals surface area contributed by atoms with Crippen LogP contribution < -0.4 is 21.1 Å². The van der Waals surface area contributed by atoms with Gasteiger partial charge in [0.15, 0.2) is 5.75 Å². The summed E-state index contributed by atoms with van der Waals surface area (Å²) in [5.41, 5.74) is 6.20. The van der Waals surface area contributed by atoms with E-state index in [1.807, 2.05) is 0 Å². The minimum atomic E-state index is -0.769. The number of H-pyrrole nitrogens is 1. The minimum Gasteiger partial charge on any atom is -0.489 e. The maximum atomic E-state index is 12.3. The zero-order valence-electron chi connectivity index (χ0n) is 12.3. The third kappa shape index (κ3) is 4.47. The van der Waals surface area contributed by atoms with Gasteiger partial charge in [-0.15, -0.1) is 0 Å². The highest BCUT2D eigenvalue weighted by Crippen LogP contribution is 2.33. The molecule has 2 rings (SSSR count). The van der Waals surface area contributed by atoms with Crippen molar-refractivity contribution in [3.05, 3.63) is 42.2 Å². The van der Waals surface area contributed by atoms with Gasteiger partial charge >= 0.3 is 6.03 Å². The van der Waals surface area contributed by atoms with E-state index in [1.54, 1.807) is 36.7 Å². The maximum absolute atomic E-state index is 12.3. The molecule has 0 saturated carbocycles. The van der Waals surface area contributed by atoms with Gasteiger partial charge in [-0.25, -0.2) is 4.79 Å². The second kappa shape index (κ2) is 7.83. The predicted octanol–water partition coefficient (Wildman–Crippen LogP) is 2.50. The Kier molecular flexibility index (Phi) is 5.56. The number of carbonyl (C=O) groups is 2. The normalized spacial score (nSPS) is 10.1. The molecule has 0 aliphatic rings. The van der Waals surface area contributed by atoms with E-state index in [2.05, 4.69) is 15.6 Å². The number of aromatic nitrogens is 1. The second-order valence-corrected chi connectivity index (χ2v) is 4.62. The highest BCUT2D eigenvalue weighted by atomic mass is 19.1. The standard InChI is InChI=1S/C15H17FN4O3/c16-6-2-8-23-13-11(3-1-4-12(13)20-15(17)22)19-14(21)10-5-7-18-9-10/h1,3-5,7,9,18H,2,6,8H2,(H,19,21)(H3,17,20,22). The number of hydrogen-bond acceptors (Lipinski definition) is 3. The summed E-state index contributed by atoms with van der Waals surface area (Å²) in [6, 6.07) is 5.66. The molecular weight excluding hydrogens is 303 g/mol. The lowest BCUT2D eigenvalue weighted by Crippen LogP contribution is -2.20. The van der Waals surface area contributed by atoms with Crippen LogP contribution in [0.4, 0.5) is 20.6 Å². The van der Waals surface area contributed by atoms with E-state index in [-0.39, 0.29) is 24.7 Å². The molecule has 1 aromatic heterocycles. The summed E-state index contributed by atoms with van der Waals surface area (Å²) in [6.45, 7) is -0.433. The number of para-hydroxylation sites is 1. The molecule has 8 heteroatoms. The summed E-state index contributed by atoms with van der Waals surface area (Å²) in [5.74, 6) is -0.124. The Labute approximate surface area is 132 Å². The highest BCUT2D eigenvalue weighted by Gasteiger charge is 2.15. The van der Waals surface area contributed by atoms with Crippen LogP contribution in [0.3, 0.4) is 0 Å². The number of ether oxygens (including phenoxy) is 1. The quantitative estimate of drug-likeness (QED) is 0.588. The molecule has 7 nitrogen and oxygen atoms in total. The van der Waals surface area contributed by atoms with Gasteiger partial charge in [0, 0.05) is 18.8 Å². The van der Waals surface area contributed by atoms with Gasteiger partial charge in [-0.3, -0.25) is 9.18 Å². The maximum Gasteiger partial charge on any atom is 0.316 e. The number of amides is 3. The van der Waals surface area contributed by atoms with E-state index in [0.717, 1.165) is 0 Å². The summed E-state index contributed by atoms with van der Waals surface area (Å²) in [4.78, 5) is 26.0. The Bertz CT molecular complexity index is 673. The number of nitrogens with two attached hydrogens (primary N) is 1. The molecule has 0 atom stereocenters. The van der Waals surface area contributed by atoms with Crippen molar-refractivity contribution >= 4 is 23.3 Å². The van der Waals surface area contributed by atoms with Crippen molar-refractivity contribution in [1.82, 2.24) is 4.98 Å². The van der Waals surface area contributed by atoms with Crippen LogP contribution in [0, 0.1) is 0 Å². The van der Waals surface area contributed by atoms with Gasteiger partial charge in [0.25, 0.3) is 5.91 Å². The summed E-state index contributed by atoms with van der Waals surface area (Å²) in [5, 5.41) is 5.10. The van der Waals surface area contributed by atoms with Gasteiger partial charge in [0.05, 0.1) is 30.2 Å². The van der Waals surface area contributed by atoms with Crippen LogP contribution in [-0.2, 0) is 0 Å². The average Bonchev–Trinajstić information content (AvgIpc) is 3.04. The van der Waals surface area contributed by atoms with Gasteiger partial charge in [0.1, 0.15) is 0 Å². The van der Waals surface area contributed by atoms with Crippen molar-refractivity contribution < 1.29 is 18.7 Å². The molecule has 0 aliphatic heterocycles. The molecule has 1 aromatic carbocycles. The topological polar surface area (TPSA) is 109 Å². The van der Waals surface area contributed by atoms with Crippen LogP contribution in [0.25, 0.3) is 0 Å². The van der Waals surface area contributed by atoms with Crippen molar-refractivity contribution in [2.75, 3.05) is 23.9 Å². The Morgan fingerprint density at radius 2 is 1.96 bits per heavy atom. The fraction of sp³-hybridized carbons (Fsp3) is 0.200.